The first-order chi connectivity index (χ1) is 11.2. The number of rotatable bonds is 9. The van der Waals surface area contributed by atoms with E-state index in [4.69, 9.17) is 5.11 Å². The van der Waals surface area contributed by atoms with Crippen molar-refractivity contribution in [3.05, 3.63) is 48.3 Å². The zero-order chi connectivity index (χ0) is 16.5. The van der Waals surface area contributed by atoms with E-state index in [2.05, 4.69) is 39.2 Å². The molecule has 0 saturated carbocycles. The third kappa shape index (κ3) is 5.25. The highest BCUT2D eigenvalue weighted by molar-refractivity contribution is 5.86. The average molecular weight is 314 g/mol. The van der Waals surface area contributed by atoms with Gasteiger partial charge in [0, 0.05) is 37.7 Å². The summed E-state index contributed by atoms with van der Waals surface area (Å²) in [4.78, 5) is 21.1. The first-order valence-corrected chi connectivity index (χ1v) is 7.80. The number of hydrogen-bond donors (Lipinski definition) is 2. The van der Waals surface area contributed by atoms with Gasteiger partial charge in [-0.25, -0.2) is 14.8 Å². The van der Waals surface area contributed by atoms with Crippen molar-refractivity contribution >= 4 is 17.6 Å². The average Bonchev–Trinajstić information content (AvgIpc) is 2.59. The van der Waals surface area contributed by atoms with Crippen molar-refractivity contribution < 1.29 is 9.90 Å². The Balaban J connectivity index is 1.80. The van der Waals surface area contributed by atoms with E-state index < -0.39 is 5.97 Å². The molecule has 23 heavy (non-hydrogen) atoms. The van der Waals surface area contributed by atoms with Crippen LogP contribution in [-0.4, -0.2) is 40.7 Å². The lowest BCUT2D eigenvalue weighted by atomic mass is 10.2. The van der Waals surface area contributed by atoms with Gasteiger partial charge in [0.15, 0.2) is 0 Å². The number of nitrogens with one attached hydrogen (secondary N) is 1. The number of carboxylic acids is 1. The smallest absolute Gasteiger partial charge is 0.338 e. The molecule has 0 atom stereocenters. The highest BCUT2D eigenvalue weighted by atomic mass is 16.4. The van der Waals surface area contributed by atoms with Gasteiger partial charge in [0.25, 0.3) is 0 Å². The summed E-state index contributed by atoms with van der Waals surface area (Å²) in [6.07, 6.45) is 4.66. The number of carbonyl (C=O) groups is 1. The minimum atomic E-state index is -1.02. The second-order valence-corrected chi connectivity index (χ2v) is 5.20. The zero-order valence-corrected chi connectivity index (χ0v) is 13.3. The molecule has 2 aromatic rings. The minimum Gasteiger partial charge on any atom is -0.478 e. The molecule has 1 aromatic heterocycles. The van der Waals surface area contributed by atoms with Gasteiger partial charge in [-0.15, -0.1) is 0 Å². The van der Waals surface area contributed by atoms with Crippen LogP contribution in [0.1, 0.15) is 30.1 Å². The van der Waals surface area contributed by atoms with Crippen LogP contribution in [0.3, 0.4) is 0 Å². The van der Waals surface area contributed by atoms with E-state index in [-0.39, 0.29) is 5.56 Å². The monoisotopic (exact) mass is 314 g/mol. The fraction of sp³-hybridized carbons (Fsp3) is 0.353. The molecule has 6 nitrogen and oxygen atoms in total. The third-order valence-electron chi connectivity index (χ3n) is 3.40. The summed E-state index contributed by atoms with van der Waals surface area (Å²) in [5.74, 6) is -0.564. The molecule has 122 valence electrons. The molecule has 0 aliphatic heterocycles. The summed E-state index contributed by atoms with van der Waals surface area (Å²) in [6, 6.07) is 10.4. The van der Waals surface area contributed by atoms with Crippen LogP contribution >= 0.6 is 0 Å². The largest absolute Gasteiger partial charge is 0.478 e. The molecule has 1 heterocycles. The number of anilines is 2. The molecule has 0 radical (unpaired) electrons. The lowest BCUT2D eigenvalue weighted by Crippen LogP contribution is -2.26. The fourth-order valence-electron chi connectivity index (χ4n) is 2.28. The van der Waals surface area contributed by atoms with Crippen molar-refractivity contribution in [2.45, 2.75) is 19.8 Å². The van der Waals surface area contributed by atoms with Crippen LogP contribution < -0.4 is 10.2 Å². The third-order valence-corrected chi connectivity index (χ3v) is 3.40. The molecule has 0 saturated heterocycles. The zero-order valence-electron chi connectivity index (χ0n) is 13.3. The molecule has 0 aliphatic rings. The highest BCUT2D eigenvalue weighted by Crippen LogP contribution is 2.14. The van der Waals surface area contributed by atoms with Gasteiger partial charge >= 0.3 is 5.97 Å². The maximum atomic E-state index is 10.7. The van der Waals surface area contributed by atoms with Crippen LogP contribution in [0.25, 0.3) is 0 Å². The molecule has 0 bridgehead atoms. The number of aromatic carboxylic acids is 1. The Labute approximate surface area is 136 Å². The first kappa shape index (κ1) is 16.7. The number of hydrogen-bond acceptors (Lipinski definition) is 5. The molecule has 6 heteroatoms. The Morgan fingerprint density at radius 1 is 1.17 bits per heavy atom. The van der Waals surface area contributed by atoms with Crippen LogP contribution in [0.4, 0.5) is 11.6 Å². The predicted molar refractivity (Wildman–Crippen MR) is 91.0 cm³/mol. The first-order valence-electron chi connectivity index (χ1n) is 7.80. The Kier molecular flexibility index (Phi) is 6.35. The lowest BCUT2D eigenvalue weighted by molar-refractivity contribution is 0.0696. The Morgan fingerprint density at radius 2 is 1.87 bits per heavy atom. The topological polar surface area (TPSA) is 78.4 Å². The van der Waals surface area contributed by atoms with Gasteiger partial charge < -0.3 is 15.3 Å². The summed E-state index contributed by atoms with van der Waals surface area (Å²) in [6.45, 7) is 4.87. The Hall–Kier alpha value is -2.63. The number of para-hydroxylation sites is 1. The van der Waals surface area contributed by atoms with Crippen molar-refractivity contribution in [2.24, 2.45) is 0 Å². The van der Waals surface area contributed by atoms with Crippen molar-refractivity contribution in [3.8, 4) is 0 Å². The van der Waals surface area contributed by atoms with Crippen LogP contribution in [0.2, 0.25) is 0 Å². The quantitative estimate of drug-likeness (QED) is 0.693. The molecule has 1 aromatic carbocycles. The van der Waals surface area contributed by atoms with E-state index in [1.54, 1.807) is 0 Å². The van der Waals surface area contributed by atoms with Crippen LogP contribution in [-0.2, 0) is 0 Å². The standard InChI is InChI=1S/C17H22N4O2/c1-2-10-21(15-7-4-3-5-8-15)11-6-9-18-17-19-12-14(13-20-17)16(22)23/h3-5,7-8,12-13H,2,6,9-11H2,1H3,(H,22,23)(H,18,19,20). The summed E-state index contributed by atoms with van der Waals surface area (Å²) < 4.78 is 0. The fourth-order valence-corrected chi connectivity index (χ4v) is 2.28. The van der Waals surface area contributed by atoms with Crippen molar-refractivity contribution in [2.75, 3.05) is 29.9 Å². The van der Waals surface area contributed by atoms with Crippen LogP contribution in [0, 0.1) is 0 Å². The van der Waals surface area contributed by atoms with Gasteiger partial charge in [-0.2, -0.15) is 0 Å². The highest BCUT2D eigenvalue weighted by Gasteiger charge is 2.06. The van der Waals surface area contributed by atoms with E-state index in [0.29, 0.717) is 5.95 Å². The normalized spacial score (nSPS) is 10.3. The number of nitrogens with zero attached hydrogens (tertiary/aromatic N) is 3. The van der Waals surface area contributed by atoms with Gasteiger partial charge in [0.2, 0.25) is 5.95 Å². The predicted octanol–water partition coefficient (Wildman–Crippen LogP) is 2.89. The summed E-state index contributed by atoms with van der Waals surface area (Å²) in [5, 5.41) is 11.9. The van der Waals surface area contributed by atoms with E-state index in [1.165, 1.54) is 18.1 Å². The van der Waals surface area contributed by atoms with Gasteiger partial charge in [-0.1, -0.05) is 25.1 Å². The van der Waals surface area contributed by atoms with Crippen molar-refractivity contribution in [3.63, 3.8) is 0 Å². The van der Waals surface area contributed by atoms with E-state index >= 15 is 0 Å². The maximum absolute atomic E-state index is 10.7. The Morgan fingerprint density at radius 3 is 2.48 bits per heavy atom. The van der Waals surface area contributed by atoms with Crippen LogP contribution in [0.15, 0.2) is 42.7 Å². The number of carboxylic acid groups (broad SMARTS) is 1. The summed E-state index contributed by atoms with van der Waals surface area (Å²) in [5.41, 5.74) is 1.32. The SMILES string of the molecule is CCCN(CCCNc1ncc(C(=O)O)cn1)c1ccccc1. The molecule has 0 spiro atoms. The second kappa shape index (κ2) is 8.73. The Bertz CT molecular complexity index is 602. The molecule has 2 rings (SSSR count). The maximum Gasteiger partial charge on any atom is 0.338 e. The molecule has 0 fully saturated rings. The molecule has 0 amide bonds. The minimum absolute atomic E-state index is 0.0914. The number of benzene rings is 1. The molecule has 2 N–H and O–H groups in total. The van der Waals surface area contributed by atoms with E-state index in [9.17, 15) is 4.79 Å². The van der Waals surface area contributed by atoms with Crippen molar-refractivity contribution in [1.82, 2.24) is 9.97 Å². The number of aromatic nitrogens is 2. The molecule has 0 aliphatic carbocycles. The van der Waals surface area contributed by atoms with Gasteiger partial charge in [0.1, 0.15) is 0 Å². The molecule has 0 unspecified atom stereocenters. The van der Waals surface area contributed by atoms with Crippen molar-refractivity contribution in [1.29, 1.82) is 0 Å². The van der Waals surface area contributed by atoms with Crippen LogP contribution in [0.5, 0.6) is 0 Å². The van der Waals surface area contributed by atoms with E-state index in [0.717, 1.165) is 32.5 Å². The lowest BCUT2D eigenvalue weighted by Gasteiger charge is -2.24. The summed E-state index contributed by atoms with van der Waals surface area (Å²) >= 11 is 0. The van der Waals surface area contributed by atoms with Gasteiger partial charge in [0.05, 0.1) is 5.56 Å². The molecular formula is C17H22N4O2. The van der Waals surface area contributed by atoms with E-state index in [1.807, 2.05) is 18.2 Å². The summed E-state index contributed by atoms with van der Waals surface area (Å²) in [7, 11) is 0. The van der Waals surface area contributed by atoms with Gasteiger partial charge in [-0.3, -0.25) is 0 Å². The van der Waals surface area contributed by atoms with Gasteiger partial charge in [-0.05, 0) is 25.0 Å². The second-order valence-electron chi connectivity index (χ2n) is 5.20. The molecular weight excluding hydrogens is 292 g/mol.